The van der Waals surface area contributed by atoms with Crippen LogP contribution in [0.3, 0.4) is 0 Å². The van der Waals surface area contributed by atoms with Gasteiger partial charge >= 0.3 is 0 Å². The number of aromatic amines is 1. The lowest BCUT2D eigenvalue weighted by molar-refractivity contribution is 0.0935. The van der Waals surface area contributed by atoms with Crippen LogP contribution in [0.25, 0.3) is 11.3 Å². The second-order valence-corrected chi connectivity index (χ2v) is 4.70. The highest BCUT2D eigenvalue weighted by Crippen LogP contribution is 2.16. The third kappa shape index (κ3) is 2.66. The summed E-state index contributed by atoms with van der Waals surface area (Å²) in [5.74, 6) is -0.0941. The molecular weight excluding hydrogens is 240 g/mol. The van der Waals surface area contributed by atoms with Gasteiger partial charge in [-0.1, -0.05) is 30.3 Å². The molecule has 1 aliphatic heterocycles. The monoisotopic (exact) mass is 256 g/mol. The van der Waals surface area contributed by atoms with Crippen molar-refractivity contribution in [2.45, 2.75) is 12.5 Å². The minimum Gasteiger partial charge on any atom is -0.347 e. The number of carbonyl (C=O) groups is 1. The van der Waals surface area contributed by atoms with Gasteiger partial charge in [0, 0.05) is 18.2 Å². The van der Waals surface area contributed by atoms with E-state index in [9.17, 15) is 4.79 Å². The van der Waals surface area contributed by atoms with Crippen molar-refractivity contribution in [1.29, 1.82) is 0 Å². The fourth-order valence-electron chi connectivity index (χ4n) is 2.24. The van der Waals surface area contributed by atoms with Gasteiger partial charge in [-0.25, -0.2) is 0 Å². The first-order chi connectivity index (χ1) is 9.33. The summed E-state index contributed by atoms with van der Waals surface area (Å²) in [5, 5.41) is 13.2. The Balaban J connectivity index is 1.72. The number of hydrogen-bond acceptors (Lipinski definition) is 3. The summed E-state index contributed by atoms with van der Waals surface area (Å²) in [4.78, 5) is 12.0. The van der Waals surface area contributed by atoms with Gasteiger partial charge in [-0.3, -0.25) is 9.89 Å². The highest BCUT2D eigenvalue weighted by molar-refractivity contribution is 5.93. The highest BCUT2D eigenvalue weighted by atomic mass is 16.2. The molecule has 0 bridgehead atoms. The lowest BCUT2D eigenvalue weighted by Crippen LogP contribution is -2.36. The molecule has 98 valence electrons. The van der Waals surface area contributed by atoms with Crippen molar-refractivity contribution in [3.8, 4) is 11.3 Å². The van der Waals surface area contributed by atoms with Crippen molar-refractivity contribution in [2.75, 3.05) is 13.1 Å². The van der Waals surface area contributed by atoms with E-state index in [1.165, 1.54) is 0 Å². The number of hydrogen-bond donors (Lipinski definition) is 3. The van der Waals surface area contributed by atoms with Crippen molar-refractivity contribution in [1.82, 2.24) is 20.8 Å². The van der Waals surface area contributed by atoms with Crippen molar-refractivity contribution >= 4 is 5.91 Å². The Morgan fingerprint density at radius 3 is 2.89 bits per heavy atom. The van der Waals surface area contributed by atoms with E-state index < -0.39 is 0 Å². The predicted molar refractivity (Wildman–Crippen MR) is 72.8 cm³/mol. The fourth-order valence-corrected chi connectivity index (χ4v) is 2.24. The maximum Gasteiger partial charge on any atom is 0.269 e. The molecule has 0 aliphatic carbocycles. The smallest absolute Gasteiger partial charge is 0.269 e. The first-order valence-electron chi connectivity index (χ1n) is 6.45. The Bertz CT molecular complexity index is 558. The average molecular weight is 256 g/mol. The Kier molecular flexibility index (Phi) is 3.29. The standard InChI is InChI=1S/C14H16N4O/c19-14(16-11-6-7-15-9-11)13-8-12(17-18-13)10-4-2-1-3-5-10/h1-5,8,11,15H,6-7,9H2,(H,16,19)(H,17,18). The molecule has 5 nitrogen and oxygen atoms in total. The second kappa shape index (κ2) is 5.24. The van der Waals surface area contributed by atoms with E-state index >= 15 is 0 Å². The number of benzene rings is 1. The summed E-state index contributed by atoms with van der Waals surface area (Å²) in [6.45, 7) is 1.80. The number of amides is 1. The van der Waals surface area contributed by atoms with E-state index in [4.69, 9.17) is 0 Å². The molecule has 3 N–H and O–H groups in total. The van der Waals surface area contributed by atoms with Gasteiger partial charge in [0.1, 0.15) is 5.69 Å². The number of rotatable bonds is 3. The molecule has 2 aromatic rings. The Labute approximate surface area is 111 Å². The van der Waals surface area contributed by atoms with E-state index in [0.717, 1.165) is 30.8 Å². The van der Waals surface area contributed by atoms with Gasteiger partial charge < -0.3 is 10.6 Å². The van der Waals surface area contributed by atoms with Crippen molar-refractivity contribution < 1.29 is 4.79 Å². The molecule has 1 unspecified atom stereocenters. The predicted octanol–water partition coefficient (Wildman–Crippen LogP) is 1.17. The van der Waals surface area contributed by atoms with Crippen molar-refractivity contribution in [2.24, 2.45) is 0 Å². The van der Waals surface area contributed by atoms with Gasteiger partial charge in [0.25, 0.3) is 5.91 Å². The molecule has 1 aromatic heterocycles. The molecule has 0 saturated carbocycles. The van der Waals surface area contributed by atoms with Gasteiger partial charge in [-0.15, -0.1) is 0 Å². The Morgan fingerprint density at radius 1 is 1.32 bits per heavy atom. The molecule has 1 aliphatic rings. The number of nitrogens with one attached hydrogen (secondary N) is 3. The van der Waals surface area contributed by atoms with Crippen LogP contribution in [0.5, 0.6) is 0 Å². The first kappa shape index (κ1) is 11.9. The summed E-state index contributed by atoms with van der Waals surface area (Å²) in [5.41, 5.74) is 2.29. The number of carbonyl (C=O) groups excluding carboxylic acids is 1. The number of nitrogens with zero attached hydrogens (tertiary/aromatic N) is 1. The average Bonchev–Trinajstić information content (AvgIpc) is 3.10. The second-order valence-electron chi connectivity index (χ2n) is 4.70. The molecule has 1 fully saturated rings. The van der Waals surface area contributed by atoms with Crippen LogP contribution in [0.15, 0.2) is 36.4 Å². The van der Waals surface area contributed by atoms with E-state index in [1.807, 2.05) is 30.3 Å². The third-order valence-corrected chi connectivity index (χ3v) is 3.29. The molecule has 1 amide bonds. The van der Waals surface area contributed by atoms with Crippen LogP contribution in [0.4, 0.5) is 0 Å². The summed E-state index contributed by atoms with van der Waals surface area (Å²) in [6.07, 6.45) is 0.978. The lowest BCUT2D eigenvalue weighted by Gasteiger charge is -2.09. The maximum atomic E-state index is 12.0. The lowest BCUT2D eigenvalue weighted by atomic mass is 10.1. The fraction of sp³-hybridized carbons (Fsp3) is 0.286. The van der Waals surface area contributed by atoms with Gasteiger partial charge in [-0.2, -0.15) is 5.10 Å². The highest BCUT2D eigenvalue weighted by Gasteiger charge is 2.18. The zero-order valence-electron chi connectivity index (χ0n) is 10.5. The largest absolute Gasteiger partial charge is 0.347 e. The Hall–Kier alpha value is -2.14. The van der Waals surface area contributed by atoms with Crippen molar-refractivity contribution in [3.63, 3.8) is 0 Å². The third-order valence-electron chi connectivity index (χ3n) is 3.29. The van der Waals surface area contributed by atoms with Crippen LogP contribution in [-0.2, 0) is 0 Å². The molecule has 1 saturated heterocycles. The molecule has 2 heterocycles. The number of H-pyrrole nitrogens is 1. The number of aromatic nitrogens is 2. The summed E-state index contributed by atoms with van der Waals surface area (Å²) < 4.78 is 0. The molecule has 1 aromatic carbocycles. The molecule has 19 heavy (non-hydrogen) atoms. The van der Waals surface area contributed by atoms with Crippen LogP contribution in [0.2, 0.25) is 0 Å². The van der Waals surface area contributed by atoms with Gasteiger partial charge in [0.2, 0.25) is 0 Å². The van der Waals surface area contributed by atoms with Gasteiger partial charge in [-0.05, 0) is 19.0 Å². The quantitative estimate of drug-likeness (QED) is 0.772. The van der Waals surface area contributed by atoms with Crippen LogP contribution >= 0.6 is 0 Å². The minimum absolute atomic E-state index is 0.0941. The Morgan fingerprint density at radius 2 is 2.16 bits per heavy atom. The summed E-state index contributed by atoms with van der Waals surface area (Å²) in [7, 11) is 0. The molecule has 0 radical (unpaired) electrons. The molecule has 0 spiro atoms. The normalized spacial score (nSPS) is 18.4. The minimum atomic E-state index is -0.0941. The van der Waals surface area contributed by atoms with Gasteiger partial charge in [0.05, 0.1) is 5.69 Å². The van der Waals surface area contributed by atoms with E-state index in [-0.39, 0.29) is 11.9 Å². The van der Waals surface area contributed by atoms with E-state index in [2.05, 4.69) is 20.8 Å². The van der Waals surface area contributed by atoms with Crippen LogP contribution in [0, 0.1) is 0 Å². The van der Waals surface area contributed by atoms with Crippen LogP contribution < -0.4 is 10.6 Å². The summed E-state index contributed by atoms with van der Waals surface area (Å²) >= 11 is 0. The van der Waals surface area contributed by atoms with Crippen LogP contribution in [0.1, 0.15) is 16.9 Å². The van der Waals surface area contributed by atoms with Crippen LogP contribution in [-0.4, -0.2) is 35.2 Å². The SMILES string of the molecule is O=C(NC1CCNC1)c1cc(-c2ccccc2)n[nH]1. The van der Waals surface area contributed by atoms with Gasteiger partial charge in [0.15, 0.2) is 0 Å². The topological polar surface area (TPSA) is 69.8 Å². The summed E-state index contributed by atoms with van der Waals surface area (Å²) in [6, 6.07) is 11.8. The van der Waals surface area contributed by atoms with E-state index in [1.54, 1.807) is 6.07 Å². The zero-order valence-corrected chi connectivity index (χ0v) is 10.5. The molecular formula is C14H16N4O. The zero-order chi connectivity index (χ0) is 13.1. The van der Waals surface area contributed by atoms with Crippen molar-refractivity contribution in [3.05, 3.63) is 42.1 Å². The first-order valence-corrected chi connectivity index (χ1v) is 6.45. The molecule has 1 atom stereocenters. The maximum absolute atomic E-state index is 12.0. The molecule has 3 rings (SSSR count). The molecule has 5 heteroatoms. The van der Waals surface area contributed by atoms with E-state index in [0.29, 0.717) is 5.69 Å².